The van der Waals surface area contributed by atoms with Gasteiger partial charge >= 0.3 is 0 Å². The van der Waals surface area contributed by atoms with Gasteiger partial charge in [-0.15, -0.1) is 0 Å². The first-order valence-electron chi connectivity index (χ1n) is 7.95. The summed E-state index contributed by atoms with van der Waals surface area (Å²) in [7, 11) is 0. The highest BCUT2D eigenvalue weighted by Gasteiger charge is 2.25. The number of nitrogens with one attached hydrogen (secondary N) is 3. The molecule has 1 fully saturated rings. The molecule has 1 aromatic carbocycles. The van der Waals surface area contributed by atoms with Crippen molar-refractivity contribution in [2.45, 2.75) is 39.3 Å². The fraction of sp³-hybridized carbons (Fsp3) is 0.588. The summed E-state index contributed by atoms with van der Waals surface area (Å²) in [5.41, 5.74) is 3.14. The summed E-state index contributed by atoms with van der Waals surface area (Å²) in [6.07, 6.45) is 0.132. The predicted octanol–water partition coefficient (Wildman–Crippen LogP) is 1.19. The lowest BCUT2D eigenvalue weighted by Gasteiger charge is -2.19. The number of amides is 1. The van der Waals surface area contributed by atoms with E-state index in [-0.39, 0.29) is 24.0 Å². The van der Waals surface area contributed by atoms with Gasteiger partial charge in [-0.2, -0.15) is 0 Å². The summed E-state index contributed by atoms with van der Waals surface area (Å²) in [5, 5.41) is 19.2. The van der Waals surface area contributed by atoms with Crippen LogP contribution in [0.5, 0.6) is 0 Å². The first-order chi connectivity index (χ1) is 10.5. The van der Waals surface area contributed by atoms with Gasteiger partial charge in [-0.3, -0.25) is 4.79 Å². The van der Waals surface area contributed by atoms with Crippen LogP contribution in [0, 0.1) is 19.8 Å². The summed E-state index contributed by atoms with van der Waals surface area (Å²) < 4.78 is 0. The molecule has 1 saturated heterocycles. The number of hydrogen-bond acceptors (Lipinski definition) is 4. The van der Waals surface area contributed by atoms with Crippen LogP contribution in [0.25, 0.3) is 0 Å². The minimum atomic E-state index is -0.288. The molecule has 4 N–H and O–H groups in total. The van der Waals surface area contributed by atoms with Crippen LogP contribution in [0.4, 0.5) is 5.69 Å². The predicted molar refractivity (Wildman–Crippen MR) is 89.0 cm³/mol. The van der Waals surface area contributed by atoms with Gasteiger partial charge in [0.25, 0.3) is 0 Å². The van der Waals surface area contributed by atoms with Gasteiger partial charge < -0.3 is 21.1 Å². The van der Waals surface area contributed by atoms with E-state index < -0.39 is 0 Å². The first kappa shape index (κ1) is 16.9. The number of rotatable bonds is 6. The molecule has 22 heavy (non-hydrogen) atoms. The number of aliphatic hydroxyl groups excluding tert-OH is 1. The van der Waals surface area contributed by atoms with E-state index in [1.165, 1.54) is 5.56 Å². The number of benzene rings is 1. The minimum absolute atomic E-state index is 0.0112. The second-order valence-electron chi connectivity index (χ2n) is 6.37. The molecule has 5 heteroatoms. The van der Waals surface area contributed by atoms with Crippen molar-refractivity contribution in [3.63, 3.8) is 0 Å². The smallest absolute Gasteiger partial charge is 0.225 e. The average molecular weight is 305 g/mol. The normalized spacial score (nSPS) is 22.5. The van der Waals surface area contributed by atoms with E-state index in [9.17, 15) is 9.90 Å². The summed E-state index contributed by atoms with van der Waals surface area (Å²) in [6.45, 7) is 8.25. The quantitative estimate of drug-likeness (QED) is 0.637. The van der Waals surface area contributed by atoms with Crippen molar-refractivity contribution in [1.82, 2.24) is 10.6 Å². The van der Waals surface area contributed by atoms with E-state index >= 15 is 0 Å². The largest absolute Gasteiger partial charge is 0.391 e. The van der Waals surface area contributed by atoms with Gasteiger partial charge in [0.05, 0.1) is 6.10 Å². The van der Waals surface area contributed by atoms with Crippen molar-refractivity contribution in [3.05, 3.63) is 29.3 Å². The lowest BCUT2D eigenvalue weighted by atomic mass is 10.1. The van der Waals surface area contributed by atoms with Gasteiger partial charge in [0, 0.05) is 43.7 Å². The van der Waals surface area contributed by atoms with E-state index in [0.717, 1.165) is 24.3 Å². The van der Waals surface area contributed by atoms with Crippen LogP contribution in [-0.4, -0.2) is 42.8 Å². The number of carbonyl (C=O) groups excluding carboxylic acids is 1. The number of β-amino-alcohol motifs (C(OH)–C–C–N with tert-alkyl or cyclic N) is 1. The third-order valence-corrected chi connectivity index (χ3v) is 4.18. The van der Waals surface area contributed by atoms with Gasteiger partial charge in [0.1, 0.15) is 0 Å². The molecule has 0 bridgehead atoms. The van der Waals surface area contributed by atoms with Crippen molar-refractivity contribution in [2.24, 2.45) is 5.92 Å². The Morgan fingerprint density at radius 2 is 2.18 bits per heavy atom. The molecular formula is C17H27N3O2. The van der Waals surface area contributed by atoms with Crippen LogP contribution < -0.4 is 16.0 Å². The SMILES string of the molecule is Cc1ccc(NC(=O)CC(C)NCC2CNCC2O)c(C)c1. The van der Waals surface area contributed by atoms with Crippen LogP contribution >= 0.6 is 0 Å². The van der Waals surface area contributed by atoms with E-state index in [2.05, 4.69) is 22.0 Å². The molecule has 0 aromatic heterocycles. The molecule has 122 valence electrons. The Labute approximate surface area is 132 Å². The molecule has 0 saturated carbocycles. The number of hydrogen-bond donors (Lipinski definition) is 4. The van der Waals surface area contributed by atoms with Crippen LogP contribution in [0.3, 0.4) is 0 Å². The van der Waals surface area contributed by atoms with Crippen LogP contribution in [0.1, 0.15) is 24.5 Å². The third kappa shape index (κ3) is 4.80. The first-order valence-corrected chi connectivity index (χ1v) is 7.95. The second-order valence-corrected chi connectivity index (χ2v) is 6.37. The molecule has 0 spiro atoms. The van der Waals surface area contributed by atoms with E-state index in [4.69, 9.17) is 0 Å². The number of aryl methyl sites for hydroxylation is 2. The van der Waals surface area contributed by atoms with Crippen molar-refractivity contribution in [2.75, 3.05) is 25.0 Å². The number of aliphatic hydroxyl groups is 1. The number of anilines is 1. The maximum absolute atomic E-state index is 12.1. The molecule has 1 aromatic rings. The molecule has 0 aliphatic carbocycles. The molecule has 1 amide bonds. The summed E-state index contributed by atoms with van der Waals surface area (Å²) >= 11 is 0. The Bertz CT molecular complexity index is 519. The highest BCUT2D eigenvalue weighted by molar-refractivity contribution is 5.91. The Morgan fingerprint density at radius 3 is 2.82 bits per heavy atom. The summed E-state index contributed by atoms with van der Waals surface area (Å²) in [4.78, 5) is 12.1. The Kier molecular flexibility index (Phi) is 5.94. The lowest BCUT2D eigenvalue weighted by molar-refractivity contribution is -0.116. The van der Waals surface area contributed by atoms with Crippen LogP contribution in [0.2, 0.25) is 0 Å². The molecule has 2 rings (SSSR count). The molecule has 3 unspecified atom stereocenters. The van der Waals surface area contributed by atoms with Crippen LogP contribution in [-0.2, 0) is 4.79 Å². The van der Waals surface area contributed by atoms with Gasteiger partial charge in [-0.05, 0) is 32.4 Å². The monoisotopic (exact) mass is 305 g/mol. The van der Waals surface area contributed by atoms with E-state index in [0.29, 0.717) is 13.0 Å². The molecular weight excluding hydrogens is 278 g/mol. The average Bonchev–Trinajstić information content (AvgIpc) is 2.85. The fourth-order valence-electron chi connectivity index (χ4n) is 2.79. The van der Waals surface area contributed by atoms with Gasteiger partial charge in [-0.1, -0.05) is 17.7 Å². The Balaban J connectivity index is 1.76. The molecule has 3 atom stereocenters. The molecule has 1 aliphatic heterocycles. The highest BCUT2D eigenvalue weighted by Crippen LogP contribution is 2.16. The van der Waals surface area contributed by atoms with Crippen molar-refractivity contribution >= 4 is 11.6 Å². The van der Waals surface area contributed by atoms with Gasteiger partial charge in [0.15, 0.2) is 0 Å². The second kappa shape index (κ2) is 7.72. The highest BCUT2D eigenvalue weighted by atomic mass is 16.3. The summed E-state index contributed by atoms with van der Waals surface area (Å²) in [6, 6.07) is 6.09. The number of carbonyl (C=O) groups is 1. The van der Waals surface area contributed by atoms with E-state index in [1.54, 1.807) is 0 Å². The minimum Gasteiger partial charge on any atom is -0.391 e. The topological polar surface area (TPSA) is 73.4 Å². The third-order valence-electron chi connectivity index (χ3n) is 4.18. The molecule has 0 radical (unpaired) electrons. The van der Waals surface area contributed by atoms with Crippen LogP contribution in [0.15, 0.2) is 18.2 Å². The zero-order valence-corrected chi connectivity index (χ0v) is 13.6. The Hall–Kier alpha value is -1.43. The zero-order valence-electron chi connectivity index (χ0n) is 13.6. The van der Waals surface area contributed by atoms with E-state index in [1.807, 2.05) is 32.9 Å². The zero-order chi connectivity index (χ0) is 16.1. The Morgan fingerprint density at radius 1 is 1.41 bits per heavy atom. The summed E-state index contributed by atoms with van der Waals surface area (Å²) in [5.74, 6) is 0.238. The van der Waals surface area contributed by atoms with Crippen molar-refractivity contribution < 1.29 is 9.90 Å². The lowest BCUT2D eigenvalue weighted by Crippen LogP contribution is -2.37. The van der Waals surface area contributed by atoms with Crippen molar-refractivity contribution in [3.8, 4) is 0 Å². The maximum atomic E-state index is 12.1. The van der Waals surface area contributed by atoms with Crippen molar-refractivity contribution in [1.29, 1.82) is 0 Å². The van der Waals surface area contributed by atoms with Gasteiger partial charge in [-0.25, -0.2) is 0 Å². The molecule has 5 nitrogen and oxygen atoms in total. The fourth-order valence-corrected chi connectivity index (χ4v) is 2.79. The molecule has 1 aliphatic rings. The molecule has 1 heterocycles. The standard InChI is InChI=1S/C17H27N3O2/c1-11-4-5-15(12(2)6-11)20-17(22)7-13(3)19-9-14-8-18-10-16(14)21/h4-6,13-14,16,18-19,21H,7-10H2,1-3H3,(H,20,22). The van der Waals surface area contributed by atoms with Gasteiger partial charge in [0.2, 0.25) is 5.91 Å². The maximum Gasteiger partial charge on any atom is 0.225 e.